The number of likely N-dealkylation sites (tertiary alicyclic amines) is 1. The number of amides is 2. The van der Waals surface area contributed by atoms with Crippen molar-refractivity contribution in [2.45, 2.75) is 44.2 Å². The fraction of sp³-hybridized carbons (Fsp3) is 0.423. The number of benzene rings is 1. The summed E-state index contributed by atoms with van der Waals surface area (Å²) in [6, 6.07) is 6.88. The third-order valence-corrected chi connectivity index (χ3v) is 8.97. The number of ketones is 1. The van der Waals surface area contributed by atoms with Crippen LogP contribution in [0.4, 0.5) is 0 Å². The van der Waals surface area contributed by atoms with Crippen molar-refractivity contribution in [1.29, 1.82) is 0 Å². The average Bonchev–Trinajstić information content (AvgIpc) is 3.64. The molecule has 0 saturated carbocycles. The number of halogens is 1. The number of thiophene rings is 1. The molecule has 1 aromatic carbocycles. The standard InChI is InChI=1S/C26H32ClN7O3S2/c1-31-23(36)14(4-2-3-7-32-26(29)30)9-20(35)18-13-38-24(33-18)19-11-17(28)12-34(19)25(37)22-10-15-8-16(27)5-6-21(15)39-22/h5-6,8,10,13-14,17,19H,2-4,7,9,11-12,28H2,1H3,(H,31,36)(H4,29,30,32)/t14-,17+,19-/m0/s1. The van der Waals surface area contributed by atoms with Gasteiger partial charge in [0.2, 0.25) is 5.91 Å². The smallest absolute Gasteiger partial charge is 0.264 e. The van der Waals surface area contributed by atoms with Crippen LogP contribution in [0.1, 0.15) is 63.3 Å². The van der Waals surface area contributed by atoms with E-state index in [1.807, 2.05) is 18.2 Å². The normalized spacial score (nSPS) is 17.8. The zero-order valence-electron chi connectivity index (χ0n) is 21.6. The molecule has 10 nitrogen and oxygen atoms in total. The highest BCUT2D eigenvalue weighted by Crippen LogP contribution is 2.37. The second-order valence-electron chi connectivity index (χ2n) is 9.57. The molecule has 0 bridgehead atoms. The van der Waals surface area contributed by atoms with Crippen LogP contribution in [-0.2, 0) is 4.79 Å². The number of thiazole rings is 1. The first kappa shape index (κ1) is 28.9. The maximum atomic E-state index is 13.5. The molecule has 3 heterocycles. The van der Waals surface area contributed by atoms with Gasteiger partial charge < -0.3 is 27.4 Å². The second-order valence-corrected chi connectivity index (χ2v) is 12.0. The number of fused-ring (bicyclic) bond motifs is 1. The number of guanidine groups is 1. The monoisotopic (exact) mass is 589 g/mol. The number of hydrogen-bond acceptors (Lipinski definition) is 8. The van der Waals surface area contributed by atoms with Gasteiger partial charge in [0.15, 0.2) is 11.7 Å². The van der Waals surface area contributed by atoms with Crippen LogP contribution in [0.15, 0.2) is 34.6 Å². The van der Waals surface area contributed by atoms with Crippen molar-refractivity contribution in [3.63, 3.8) is 0 Å². The lowest BCUT2D eigenvalue weighted by molar-refractivity contribution is -0.124. The van der Waals surface area contributed by atoms with Gasteiger partial charge in [-0.2, -0.15) is 0 Å². The summed E-state index contributed by atoms with van der Waals surface area (Å²) in [5.74, 6) is -0.967. The Hall–Kier alpha value is -3.06. The first-order valence-electron chi connectivity index (χ1n) is 12.7. The summed E-state index contributed by atoms with van der Waals surface area (Å²) in [6.07, 6.45) is 2.54. The number of carbonyl (C=O) groups excluding carboxylic acids is 3. The van der Waals surface area contributed by atoms with Crippen LogP contribution in [0.5, 0.6) is 0 Å². The molecular weight excluding hydrogens is 558 g/mol. The Labute approximate surface area is 239 Å². The van der Waals surface area contributed by atoms with Crippen LogP contribution in [0, 0.1) is 5.92 Å². The number of aromatic nitrogens is 1. The molecule has 0 radical (unpaired) electrons. The molecule has 0 spiro atoms. The van der Waals surface area contributed by atoms with E-state index in [-0.39, 0.29) is 42.1 Å². The zero-order chi connectivity index (χ0) is 28.1. The molecule has 0 unspecified atom stereocenters. The van der Waals surface area contributed by atoms with Gasteiger partial charge in [-0.05, 0) is 48.9 Å². The van der Waals surface area contributed by atoms with Crippen molar-refractivity contribution in [2.75, 3.05) is 20.1 Å². The fourth-order valence-electron chi connectivity index (χ4n) is 4.73. The molecule has 7 N–H and O–H groups in total. The number of carbonyl (C=O) groups is 3. The van der Waals surface area contributed by atoms with E-state index < -0.39 is 5.92 Å². The van der Waals surface area contributed by atoms with Crippen LogP contribution < -0.4 is 22.5 Å². The minimum absolute atomic E-state index is 0.0320. The van der Waals surface area contributed by atoms with Crippen molar-refractivity contribution in [2.24, 2.45) is 28.1 Å². The van der Waals surface area contributed by atoms with E-state index in [0.29, 0.717) is 59.4 Å². The largest absolute Gasteiger partial charge is 0.370 e. The first-order valence-corrected chi connectivity index (χ1v) is 14.7. The molecule has 1 saturated heterocycles. The van der Waals surface area contributed by atoms with Gasteiger partial charge in [-0.25, -0.2) is 4.98 Å². The van der Waals surface area contributed by atoms with Gasteiger partial charge in [0, 0.05) is 53.6 Å². The topological polar surface area (TPSA) is 170 Å². The predicted molar refractivity (Wildman–Crippen MR) is 156 cm³/mol. The van der Waals surface area contributed by atoms with Gasteiger partial charge in [0.05, 0.1) is 10.9 Å². The van der Waals surface area contributed by atoms with Crippen molar-refractivity contribution >= 4 is 67.9 Å². The van der Waals surface area contributed by atoms with E-state index in [2.05, 4.69) is 15.3 Å². The van der Waals surface area contributed by atoms with Crippen molar-refractivity contribution in [3.05, 3.63) is 50.2 Å². The number of nitrogens with two attached hydrogens (primary N) is 3. The van der Waals surface area contributed by atoms with Crippen LogP contribution in [-0.4, -0.2) is 59.6 Å². The average molecular weight is 590 g/mol. The number of nitrogens with one attached hydrogen (secondary N) is 1. The number of unbranched alkanes of at least 4 members (excludes halogenated alkanes) is 1. The van der Waals surface area contributed by atoms with Gasteiger partial charge in [0.25, 0.3) is 5.91 Å². The summed E-state index contributed by atoms with van der Waals surface area (Å²) in [6.45, 7) is 0.875. The van der Waals surface area contributed by atoms with Crippen molar-refractivity contribution in [1.82, 2.24) is 15.2 Å². The minimum Gasteiger partial charge on any atom is -0.370 e. The summed E-state index contributed by atoms with van der Waals surface area (Å²) in [7, 11) is 1.56. The third kappa shape index (κ3) is 7.13. The van der Waals surface area contributed by atoms with Gasteiger partial charge in [-0.3, -0.25) is 19.4 Å². The summed E-state index contributed by atoms with van der Waals surface area (Å²) >= 11 is 8.86. The highest BCUT2D eigenvalue weighted by atomic mass is 35.5. The van der Waals surface area contributed by atoms with Gasteiger partial charge in [-0.15, -0.1) is 22.7 Å². The lowest BCUT2D eigenvalue weighted by Crippen LogP contribution is -2.32. The number of rotatable bonds is 11. The van der Waals surface area contributed by atoms with Crippen LogP contribution in [0.25, 0.3) is 10.1 Å². The Morgan fingerprint density at radius 3 is 2.79 bits per heavy atom. The molecule has 2 amide bonds. The maximum absolute atomic E-state index is 13.5. The SMILES string of the molecule is CNC(=O)[C@@H](CCCCN=C(N)N)CC(=O)c1csc([C@@H]2C[C@@H](N)CN2C(=O)c2cc3cc(Cl)ccc3s2)n1. The second kappa shape index (κ2) is 12.9. The fourth-order valence-corrected chi connectivity index (χ4v) is 6.85. The zero-order valence-corrected chi connectivity index (χ0v) is 24.0. The minimum atomic E-state index is -0.480. The predicted octanol–water partition coefficient (Wildman–Crippen LogP) is 3.30. The summed E-state index contributed by atoms with van der Waals surface area (Å²) < 4.78 is 0.979. The lowest BCUT2D eigenvalue weighted by atomic mass is 9.94. The van der Waals surface area contributed by atoms with E-state index in [1.165, 1.54) is 22.7 Å². The molecular formula is C26H32ClN7O3S2. The molecule has 39 heavy (non-hydrogen) atoms. The summed E-state index contributed by atoms with van der Waals surface area (Å²) in [5.41, 5.74) is 17.3. The van der Waals surface area contributed by atoms with E-state index >= 15 is 0 Å². The number of Topliss-reactive ketones (excluding diaryl/α,β-unsaturated/α-hetero) is 1. The van der Waals surface area contributed by atoms with Gasteiger partial charge in [-0.1, -0.05) is 18.0 Å². The van der Waals surface area contributed by atoms with Crippen LogP contribution in [0.3, 0.4) is 0 Å². The Morgan fingerprint density at radius 1 is 1.26 bits per heavy atom. The van der Waals surface area contributed by atoms with Crippen molar-refractivity contribution < 1.29 is 14.4 Å². The van der Waals surface area contributed by atoms with Crippen molar-refractivity contribution in [3.8, 4) is 0 Å². The number of aliphatic imine (C=N–C) groups is 1. The molecule has 1 aliphatic rings. The first-order chi connectivity index (χ1) is 18.7. The quantitative estimate of drug-likeness (QED) is 0.115. The molecule has 4 rings (SSSR count). The maximum Gasteiger partial charge on any atom is 0.264 e. The Morgan fingerprint density at radius 2 is 2.05 bits per heavy atom. The molecule has 13 heteroatoms. The van der Waals surface area contributed by atoms with E-state index in [4.69, 9.17) is 28.8 Å². The Bertz CT molecular complexity index is 1380. The van der Waals surface area contributed by atoms with Crippen LogP contribution >= 0.6 is 34.3 Å². The van der Waals surface area contributed by atoms with Crippen LogP contribution in [0.2, 0.25) is 5.02 Å². The Kier molecular flexibility index (Phi) is 9.54. The van der Waals surface area contributed by atoms with E-state index in [9.17, 15) is 14.4 Å². The van der Waals surface area contributed by atoms with E-state index in [1.54, 1.807) is 23.4 Å². The molecule has 3 atom stereocenters. The highest BCUT2D eigenvalue weighted by Gasteiger charge is 2.37. The molecule has 208 valence electrons. The third-order valence-electron chi connectivity index (χ3n) is 6.68. The lowest BCUT2D eigenvalue weighted by Gasteiger charge is -2.22. The molecule has 3 aromatic rings. The molecule has 1 fully saturated rings. The molecule has 1 aliphatic heterocycles. The van der Waals surface area contributed by atoms with Gasteiger partial charge in [0.1, 0.15) is 10.7 Å². The van der Waals surface area contributed by atoms with E-state index in [0.717, 1.165) is 10.1 Å². The molecule has 0 aliphatic carbocycles. The number of hydrogen-bond donors (Lipinski definition) is 4. The summed E-state index contributed by atoms with van der Waals surface area (Å²) in [5, 5.41) is 6.54. The molecule has 2 aromatic heterocycles. The summed E-state index contributed by atoms with van der Waals surface area (Å²) in [4.78, 5) is 49.9. The Balaban J connectivity index is 1.44. The highest BCUT2D eigenvalue weighted by molar-refractivity contribution is 7.20. The van der Waals surface area contributed by atoms with Gasteiger partial charge >= 0.3 is 0 Å². The number of nitrogens with zero attached hydrogens (tertiary/aromatic N) is 3.